The molecule has 1 N–H and O–H groups in total. The number of allylic oxidation sites excluding steroid dienone is 1. The van der Waals surface area contributed by atoms with Crippen LogP contribution in [0, 0.1) is 28.6 Å². The van der Waals surface area contributed by atoms with E-state index in [4.69, 9.17) is 0 Å². The number of aliphatic hydroxyl groups excluding tert-OH is 1. The van der Waals surface area contributed by atoms with Gasteiger partial charge in [-0.05, 0) is 56.3 Å². The van der Waals surface area contributed by atoms with Gasteiger partial charge in [-0.15, -0.1) is 0 Å². The van der Waals surface area contributed by atoms with Crippen LogP contribution in [0.2, 0.25) is 0 Å². The SMILES string of the molecule is C[C@]12CC[C@H]3[C@@H](CC=C4C[C@@H](O)CC(Br)[C@@]43C)[C@@H]1CCC2=O. The first-order valence-corrected chi connectivity index (χ1v) is 9.84. The van der Waals surface area contributed by atoms with Crippen molar-refractivity contribution in [1.82, 2.24) is 0 Å². The Hall–Kier alpha value is -0.150. The Labute approximate surface area is 141 Å². The molecule has 22 heavy (non-hydrogen) atoms. The molecule has 7 atom stereocenters. The van der Waals surface area contributed by atoms with Gasteiger partial charge in [-0.25, -0.2) is 0 Å². The van der Waals surface area contributed by atoms with Crippen LogP contribution in [0.3, 0.4) is 0 Å². The molecular formula is C19H27BrO2. The Balaban J connectivity index is 1.72. The highest BCUT2D eigenvalue weighted by Crippen LogP contribution is 2.64. The highest BCUT2D eigenvalue weighted by atomic mass is 79.9. The van der Waals surface area contributed by atoms with Gasteiger partial charge in [0.2, 0.25) is 0 Å². The lowest BCUT2D eigenvalue weighted by Gasteiger charge is -2.58. The van der Waals surface area contributed by atoms with Crippen LogP contribution in [0.25, 0.3) is 0 Å². The Morgan fingerprint density at radius 3 is 2.82 bits per heavy atom. The van der Waals surface area contributed by atoms with E-state index in [0.29, 0.717) is 28.4 Å². The fraction of sp³-hybridized carbons (Fsp3) is 0.842. The number of alkyl halides is 1. The average molecular weight is 367 g/mol. The van der Waals surface area contributed by atoms with Crippen LogP contribution < -0.4 is 0 Å². The van der Waals surface area contributed by atoms with Crippen molar-refractivity contribution in [2.45, 2.75) is 69.7 Å². The van der Waals surface area contributed by atoms with Crippen molar-refractivity contribution in [3.05, 3.63) is 11.6 Å². The predicted octanol–water partition coefficient (Wildman–Crippen LogP) is 4.25. The molecule has 4 rings (SSSR count). The van der Waals surface area contributed by atoms with Gasteiger partial charge in [0, 0.05) is 22.1 Å². The molecule has 0 aromatic heterocycles. The Morgan fingerprint density at radius 2 is 2.05 bits per heavy atom. The van der Waals surface area contributed by atoms with Crippen LogP contribution in [0.5, 0.6) is 0 Å². The van der Waals surface area contributed by atoms with Crippen LogP contribution in [0.15, 0.2) is 11.6 Å². The molecule has 0 saturated heterocycles. The van der Waals surface area contributed by atoms with Crippen LogP contribution in [-0.4, -0.2) is 21.8 Å². The van der Waals surface area contributed by atoms with Gasteiger partial charge in [-0.3, -0.25) is 4.79 Å². The summed E-state index contributed by atoms with van der Waals surface area (Å²) in [7, 11) is 0. The monoisotopic (exact) mass is 366 g/mol. The largest absolute Gasteiger partial charge is 0.393 e. The van der Waals surface area contributed by atoms with Gasteiger partial charge in [-0.2, -0.15) is 0 Å². The molecule has 3 saturated carbocycles. The molecule has 0 aliphatic heterocycles. The maximum absolute atomic E-state index is 12.4. The Kier molecular flexibility index (Phi) is 3.44. The number of fused-ring (bicyclic) bond motifs is 5. The second-order valence-corrected chi connectivity index (χ2v) is 9.71. The Morgan fingerprint density at radius 1 is 1.27 bits per heavy atom. The second-order valence-electron chi connectivity index (χ2n) is 8.60. The molecule has 0 amide bonds. The van der Waals surface area contributed by atoms with E-state index in [2.05, 4.69) is 35.9 Å². The lowest BCUT2D eigenvalue weighted by molar-refractivity contribution is -0.131. The highest BCUT2D eigenvalue weighted by molar-refractivity contribution is 9.09. The van der Waals surface area contributed by atoms with Crippen molar-refractivity contribution in [3.63, 3.8) is 0 Å². The highest BCUT2D eigenvalue weighted by Gasteiger charge is 2.60. The Bertz CT molecular complexity index is 542. The van der Waals surface area contributed by atoms with E-state index in [-0.39, 0.29) is 16.9 Å². The van der Waals surface area contributed by atoms with Gasteiger partial charge in [0.05, 0.1) is 6.10 Å². The number of halogens is 1. The van der Waals surface area contributed by atoms with Gasteiger partial charge >= 0.3 is 0 Å². The molecule has 3 heteroatoms. The molecule has 122 valence electrons. The zero-order valence-corrected chi connectivity index (χ0v) is 15.2. The van der Waals surface area contributed by atoms with E-state index >= 15 is 0 Å². The number of aliphatic hydroxyl groups is 1. The zero-order chi connectivity index (χ0) is 15.7. The fourth-order valence-corrected chi connectivity index (χ4v) is 7.49. The first-order chi connectivity index (χ1) is 10.4. The summed E-state index contributed by atoms with van der Waals surface area (Å²) in [6, 6.07) is 0. The average Bonchev–Trinajstić information content (AvgIpc) is 2.77. The van der Waals surface area contributed by atoms with Crippen LogP contribution in [0.1, 0.15) is 58.8 Å². The minimum Gasteiger partial charge on any atom is -0.393 e. The van der Waals surface area contributed by atoms with Crippen LogP contribution in [-0.2, 0) is 4.79 Å². The molecule has 0 radical (unpaired) electrons. The smallest absolute Gasteiger partial charge is 0.139 e. The summed E-state index contributed by atoms with van der Waals surface area (Å²) in [6.45, 7) is 4.65. The zero-order valence-electron chi connectivity index (χ0n) is 13.6. The van der Waals surface area contributed by atoms with Gasteiger partial charge < -0.3 is 5.11 Å². The number of hydrogen-bond donors (Lipinski definition) is 1. The number of Topliss-reactive ketones (excluding diaryl/α,β-unsaturated/α-hetero) is 1. The third-order valence-corrected chi connectivity index (χ3v) is 9.15. The summed E-state index contributed by atoms with van der Waals surface area (Å²) in [5, 5.41) is 10.1. The van der Waals surface area contributed by atoms with Crippen molar-refractivity contribution < 1.29 is 9.90 Å². The topological polar surface area (TPSA) is 37.3 Å². The fourth-order valence-electron chi connectivity index (χ4n) is 6.43. The molecule has 0 spiro atoms. The lowest BCUT2D eigenvalue weighted by atomic mass is 9.48. The van der Waals surface area contributed by atoms with Gasteiger partial charge in [0.15, 0.2) is 0 Å². The van der Waals surface area contributed by atoms with Gasteiger partial charge in [0.1, 0.15) is 5.78 Å². The molecule has 0 aromatic rings. The minimum atomic E-state index is -0.192. The molecule has 2 nitrogen and oxygen atoms in total. The van der Waals surface area contributed by atoms with Crippen LogP contribution >= 0.6 is 15.9 Å². The van der Waals surface area contributed by atoms with E-state index in [0.717, 1.165) is 38.5 Å². The molecule has 4 aliphatic rings. The van der Waals surface area contributed by atoms with E-state index in [9.17, 15) is 9.90 Å². The van der Waals surface area contributed by atoms with Crippen LogP contribution in [0.4, 0.5) is 0 Å². The number of rotatable bonds is 0. The number of hydrogen-bond acceptors (Lipinski definition) is 2. The van der Waals surface area contributed by atoms with E-state index in [1.807, 2.05) is 0 Å². The van der Waals surface area contributed by atoms with Crippen molar-refractivity contribution in [2.24, 2.45) is 28.6 Å². The molecular weight excluding hydrogens is 340 g/mol. The van der Waals surface area contributed by atoms with Crippen molar-refractivity contribution >= 4 is 21.7 Å². The molecule has 4 aliphatic carbocycles. The maximum atomic E-state index is 12.4. The summed E-state index contributed by atoms with van der Waals surface area (Å²) in [6.07, 6.45) is 9.21. The number of carbonyl (C=O) groups excluding carboxylic acids is 1. The quantitative estimate of drug-likeness (QED) is 0.513. The lowest BCUT2D eigenvalue weighted by Crippen LogP contribution is -2.54. The number of ketones is 1. The standard InChI is InChI=1S/C19H27BrO2/c1-18-8-7-15-13(14(18)5-6-17(18)22)4-3-11-9-12(21)10-16(20)19(11,15)2/h3,12-16,21H,4-10H2,1-2H3/t12-,13+,14+,15+,16?,18+,19+/m1/s1. The molecule has 1 unspecified atom stereocenters. The summed E-state index contributed by atoms with van der Waals surface area (Å²) in [5.41, 5.74) is 1.61. The number of carbonyl (C=O) groups is 1. The van der Waals surface area contributed by atoms with Gasteiger partial charge in [-0.1, -0.05) is 41.4 Å². The first-order valence-electron chi connectivity index (χ1n) is 8.92. The minimum absolute atomic E-state index is 0.0428. The summed E-state index contributed by atoms with van der Waals surface area (Å²) in [4.78, 5) is 12.8. The van der Waals surface area contributed by atoms with Gasteiger partial charge in [0.25, 0.3) is 0 Å². The summed E-state index contributed by atoms with van der Waals surface area (Å²) < 4.78 is 0. The van der Waals surface area contributed by atoms with E-state index in [1.165, 1.54) is 12.0 Å². The molecule has 3 fully saturated rings. The normalized spacial score (nSPS) is 54.3. The maximum Gasteiger partial charge on any atom is 0.139 e. The second kappa shape index (κ2) is 4.92. The van der Waals surface area contributed by atoms with Crippen molar-refractivity contribution in [1.29, 1.82) is 0 Å². The molecule has 0 heterocycles. The molecule has 0 aromatic carbocycles. The van der Waals surface area contributed by atoms with E-state index < -0.39 is 0 Å². The van der Waals surface area contributed by atoms with Crippen molar-refractivity contribution in [3.8, 4) is 0 Å². The summed E-state index contributed by atoms with van der Waals surface area (Å²) in [5.74, 6) is 2.44. The third kappa shape index (κ3) is 1.84. The predicted molar refractivity (Wildman–Crippen MR) is 90.8 cm³/mol. The van der Waals surface area contributed by atoms with E-state index in [1.54, 1.807) is 0 Å². The molecule has 0 bridgehead atoms. The first kappa shape index (κ1) is 15.4. The van der Waals surface area contributed by atoms with Crippen molar-refractivity contribution in [2.75, 3.05) is 0 Å². The third-order valence-electron chi connectivity index (χ3n) is 7.83. The summed E-state index contributed by atoms with van der Waals surface area (Å²) >= 11 is 3.92.